The van der Waals surface area contributed by atoms with E-state index in [-0.39, 0.29) is 28.4 Å². The molecular formula is C7H6CuO2S. The maximum Gasteiger partial charge on any atom is 0.220 e. The molecule has 0 aliphatic rings. The van der Waals surface area contributed by atoms with Gasteiger partial charge in [0.1, 0.15) is 5.75 Å². The summed E-state index contributed by atoms with van der Waals surface area (Å²) in [5.74, 6) is -0.0255. The van der Waals surface area contributed by atoms with Crippen LogP contribution in [0.2, 0.25) is 0 Å². The first-order valence-corrected chi connectivity index (χ1v) is 3.18. The fourth-order valence-corrected chi connectivity index (χ4v) is 0.844. The fourth-order valence-electron chi connectivity index (χ4n) is 0.654. The number of hydrogen-bond acceptors (Lipinski definition) is 2. The molecule has 0 saturated carbocycles. The number of para-hydroxylation sites is 1. The van der Waals surface area contributed by atoms with Crippen LogP contribution in [0.15, 0.2) is 24.3 Å². The molecular weight excluding hydrogens is 212 g/mol. The maximum atomic E-state index is 10.6. The third-order valence-electron chi connectivity index (χ3n) is 1.13. The Morgan fingerprint density at radius 3 is 2.27 bits per heavy atom. The molecule has 0 aromatic heterocycles. The first-order chi connectivity index (χ1) is 4.72. The molecule has 0 spiro atoms. The van der Waals surface area contributed by atoms with Crippen LogP contribution in [0.5, 0.6) is 5.75 Å². The van der Waals surface area contributed by atoms with Gasteiger partial charge in [0, 0.05) is 17.1 Å². The van der Waals surface area contributed by atoms with Gasteiger partial charge >= 0.3 is 0 Å². The minimum atomic E-state index is -0.418. The van der Waals surface area contributed by atoms with E-state index >= 15 is 0 Å². The van der Waals surface area contributed by atoms with Gasteiger partial charge in [0.2, 0.25) is 5.12 Å². The second-order valence-electron chi connectivity index (χ2n) is 1.82. The number of rotatable bonds is 1. The topological polar surface area (TPSA) is 37.3 Å². The van der Waals surface area contributed by atoms with Gasteiger partial charge in [0.25, 0.3) is 0 Å². The molecule has 1 radical (unpaired) electrons. The van der Waals surface area contributed by atoms with Gasteiger partial charge in [-0.1, -0.05) is 12.1 Å². The molecule has 0 aliphatic carbocycles. The molecule has 1 rings (SSSR count). The van der Waals surface area contributed by atoms with E-state index in [9.17, 15) is 4.79 Å². The van der Waals surface area contributed by atoms with Gasteiger partial charge in [-0.15, -0.1) is 12.6 Å². The van der Waals surface area contributed by atoms with Crippen LogP contribution in [0, 0.1) is 0 Å². The molecule has 11 heavy (non-hydrogen) atoms. The summed E-state index contributed by atoms with van der Waals surface area (Å²) in [6, 6.07) is 6.28. The van der Waals surface area contributed by atoms with Crippen LogP contribution in [-0.2, 0) is 17.1 Å². The smallest absolute Gasteiger partial charge is 0.220 e. The number of carbonyl (C=O) groups excluding carboxylic acids is 1. The van der Waals surface area contributed by atoms with Gasteiger partial charge in [-0.3, -0.25) is 4.79 Å². The molecule has 0 atom stereocenters. The van der Waals surface area contributed by atoms with Gasteiger partial charge in [0.15, 0.2) is 0 Å². The largest absolute Gasteiger partial charge is 0.507 e. The molecule has 4 heteroatoms. The summed E-state index contributed by atoms with van der Waals surface area (Å²) in [5, 5.41) is 8.59. The minimum Gasteiger partial charge on any atom is -0.507 e. The zero-order valence-electron chi connectivity index (χ0n) is 5.41. The number of carbonyl (C=O) groups is 1. The molecule has 0 saturated heterocycles. The van der Waals surface area contributed by atoms with E-state index in [1.54, 1.807) is 12.1 Å². The molecule has 0 bridgehead atoms. The average Bonchev–Trinajstić information content (AvgIpc) is 1.88. The van der Waals surface area contributed by atoms with E-state index < -0.39 is 5.12 Å². The van der Waals surface area contributed by atoms with Gasteiger partial charge in [-0.25, -0.2) is 0 Å². The van der Waals surface area contributed by atoms with Crippen molar-refractivity contribution in [2.45, 2.75) is 0 Å². The van der Waals surface area contributed by atoms with Crippen LogP contribution in [-0.4, -0.2) is 10.2 Å². The molecule has 0 amide bonds. The van der Waals surface area contributed by atoms with Crippen molar-refractivity contribution in [1.29, 1.82) is 0 Å². The van der Waals surface area contributed by atoms with Crippen molar-refractivity contribution in [3.8, 4) is 5.75 Å². The van der Waals surface area contributed by atoms with E-state index in [4.69, 9.17) is 5.11 Å². The van der Waals surface area contributed by atoms with E-state index in [0.29, 0.717) is 0 Å². The van der Waals surface area contributed by atoms with Crippen molar-refractivity contribution in [3.05, 3.63) is 29.8 Å². The van der Waals surface area contributed by atoms with Crippen LogP contribution >= 0.6 is 12.6 Å². The molecule has 1 N–H and O–H groups in total. The second kappa shape index (κ2) is 4.44. The number of phenolic OH excluding ortho intramolecular Hbond substituents is 1. The summed E-state index contributed by atoms with van der Waals surface area (Å²) >= 11 is 3.56. The first kappa shape index (κ1) is 10.6. The Morgan fingerprint density at radius 2 is 1.91 bits per heavy atom. The molecule has 0 unspecified atom stereocenters. The Hall–Kier alpha value is -0.441. The van der Waals surface area contributed by atoms with E-state index in [2.05, 4.69) is 12.6 Å². The number of aromatic hydroxyl groups is 1. The van der Waals surface area contributed by atoms with E-state index in [0.717, 1.165) is 0 Å². The quantitative estimate of drug-likeness (QED) is 0.552. The van der Waals surface area contributed by atoms with Crippen molar-refractivity contribution in [1.82, 2.24) is 0 Å². The summed E-state index contributed by atoms with van der Waals surface area (Å²) in [4.78, 5) is 10.6. The van der Waals surface area contributed by atoms with Crippen molar-refractivity contribution in [3.63, 3.8) is 0 Å². The van der Waals surface area contributed by atoms with Crippen molar-refractivity contribution in [2.75, 3.05) is 0 Å². The Labute approximate surface area is 80.5 Å². The van der Waals surface area contributed by atoms with Crippen LogP contribution in [0.3, 0.4) is 0 Å². The Morgan fingerprint density at radius 1 is 1.36 bits per heavy atom. The maximum absolute atomic E-state index is 10.6. The number of phenols is 1. The van der Waals surface area contributed by atoms with Gasteiger partial charge in [-0.2, -0.15) is 0 Å². The molecule has 2 nitrogen and oxygen atoms in total. The van der Waals surface area contributed by atoms with Crippen LogP contribution < -0.4 is 0 Å². The summed E-state index contributed by atoms with van der Waals surface area (Å²) in [6.07, 6.45) is 0. The average molecular weight is 218 g/mol. The molecule has 63 valence electrons. The zero-order chi connectivity index (χ0) is 7.56. The van der Waals surface area contributed by atoms with Gasteiger partial charge in [-0.05, 0) is 12.1 Å². The van der Waals surface area contributed by atoms with Gasteiger partial charge in [0.05, 0.1) is 5.56 Å². The van der Waals surface area contributed by atoms with E-state index in [1.165, 1.54) is 12.1 Å². The van der Waals surface area contributed by atoms with Gasteiger partial charge < -0.3 is 5.11 Å². The molecule has 1 aromatic rings. The normalized spacial score (nSPS) is 8.45. The standard InChI is InChI=1S/C7H6O2S.Cu/c8-6-4-2-1-3-5(6)7(9)10;/h1-4,8H,(H,9,10);. The van der Waals surface area contributed by atoms with Crippen molar-refractivity contribution >= 4 is 17.7 Å². The van der Waals surface area contributed by atoms with Crippen LogP contribution in [0.1, 0.15) is 10.4 Å². The second-order valence-corrected chi connectivity index (χ2v) is 2.23. The summed E-state index contributed by atoms with van der Waals surface area (Å²) in [6.45, 7) is 0. The van der Waals surface area contributed by atoms with E-state index in [1.807, 2.05) is 0 Å². The molecule has 0 heterocycles. The molecule has 1 aromatic carbocycles. The third-order valence-corrected chi connectivity index (χ3v) is 1.38. The number of hydrogen-bond donors (Lipinski definition) is 2. The predicted molar refractivity (Wildman–Crippen MR) is 41.4 cm³/mol. The molecule has 0 aliphatic heterocycles. The van der Waals surface area contributed by atoms with Crippen molar-refractivity contribution in [2.24, 2.45) is 0 Å². The summed E-state index contributed by atoms with van der Waals surface area (Å²) in [5.41, 5.74) is 0.242. The Kier molecular flexibility index (Phi) is 4.26. The predicted octanol–water partition coefficient (Wildman–Crippen LogP) is 1.46. The van der Waals surface area contributed by atoms with Crippen molar-refractivity contribution < 1.29 is 27.0 Å². The summed E-state index contributed by atoms with van der Waals surface area (Å²) in [7, 11) is 0. The molecule has 0 fully saturated rings. The number of benzene rings is 1. The van der Waals surface area contributed by atoms with Crippen LogP contribution in [0.4, 0.5) is 0 Å². The number of thiol groups is 1. The Bertz CT molecular complexity index is 262. The minimum absolute atomic E-state index is 0. The fraction of sp³-hybridized carbons (Fsp3) is 0. The monoisotopic (exact) mass is 217 g/mol. The van der Waals surface area contributed by atoms with Crippen LogP contribution in [0.25, 0.3) is 0 Å². The third kappa shape index (κ3) is 2.58. The zero-order valence-corrected chi connectivity index (χ0v) is 7.25. The SMILES string of the molecule is O=C(S)c1ccccc1O.[Cu]. The first-order valence-electron chi connectivity index (χ1n) is 2.73. The summed E-state index contributed by atoms with van der Waals surface area (Å²) < 4.78 is 0. The Balaban J connectivity index is 0.000001000.